The Morgan fingerprint density at radius 1 is 1.13 bits per heavy atom. The van der Waals surface area contributed by atoms with Gasteiger partial charge in [-0.2, -0.15) is 0 Å². The van der Waals surface area contributed by atoms with E-state index in [9.17, 15) is 0 Å². The number of hydrogen-bond acceptors (Lipinski definition) is 1. The number of hydrogen-bond donors (Lipinski definition) is 1. The van der Waals surface area contributed by atoms with Crippen LogP contribution in [-0.2, 0) is 0 Å². The molecule has 0 aliphatic rings. The summed E-state index contributed by atoms with van der Waals surface area (Å²) in [6.07, 6.45) is 4.96. The van der Waals surface area contributed by atoms with Gasteiger partial charge < -0.3 is 5.73 Å². The smallest absolute Gasteiger partial charge is 0.00714 e. The fraction of sp³-hybridized carbons (Fsp3) is 0.571. The van der Waals surface area contributed by atoms with Gasteiger partial charge in [0.1, 0.15) is 0 Å². The van der Waals surface area contributed by atoms with E-state index in [4.69, 9.17) is 5.73 Å². The van der Waals surface area contributed by atoms with Gasteiger partial charge in [0.05, 0.1) is 0 Å². The first-order chi connectivity index (χ1) is 7.27. The molecular weight excluding hydrogens is 182 g/mol. The molecule has 84 valence electrons. The Balaban J connectivity index is 2.65. The van der Waals surface area contributed by atoms with Gasteiger partial charge in [0.15, 0.2) is 0 Å². The topological polar surface area (TPSA) is 26.0 Å². The van der Waals surface area contributed by atoms with Crippen LogP contribution in [0.25, 0.3) is 0 Å². The van der Waals surface area contributed by atoms with Gasteiger partial charge in [-0.25, -0.2) is 0 Å². The summed E-state index contributed by atoms with van der Waals surface area (Å²) >= 11 is 0. The monoisotopic (exact) mass is 205 g/mol. The van der Waals surface area contributed by atoms with E-state index in [0.717, 1.165) is 13.0 Å². The Morgan fingerprint density at radius 3 is 2.33 bits per heavy atom. The van der Waals surface area contributed by atoms with Crippen LogP contribution in [0.4, 0.5) is 0 Å². The Bertz CT molecular complexity index is 263. The first-order valence-electron chi connectivity index (χ1n) is 6.04. The minimum Gasteiger partial charge on any atom is -0.330 e. The molecule has 0 spiro atoms. The standard InChI is InChI=1S/C14H23N/c1-3-4-5-13(10-11-15)14-8-6-12(2)7-9-14/h6-9,13H,3-5,10-11,15H2,1-2H3. The van der Waals surface area contributed by atoms with E-state index < -0.39 is 0 Å². The third kappa shape index (κ3) is 4.05. The minimum absolute atomic E-state index is 0.663. The first kappa shape index (κ1) is 12.3. The molecular formula is C14H23N. The first-order valence-corrected chi connectivity index (χ1v) is 6.04. The highest BCUT2D eigenvalue weighted by Crippen LogP contribution is 2.25. The maximum Gasteiger partial charge on any atom is -0.00714 e. The Kier molecular flexibility index (Phi) is 5.41. The molecule has 15 heavy (non-hydrogen) atoms. The Morgan fingerprint density at radius 2 is 1.80 bits per heavy atom. The molecule has 2 N–H and O–H groups in total. The van der Waals surface area contributed by atoms with Crippen LogP contribution < -0.4 is 5.73 Å². The van der Waals surface area contributed by atoms with Crippen molar-refractivity contribution < 1.29 is 0 Å². The summed E-state index contributed by atoms with van der Waals surface area (Å²) in [6.45, 7) is 5.17. The van der Waals surface area contributed by atoms with Gasteiger partial charge in [-0.3, -0.25) is 0 Å². The molecule has 1 rings (SSSR count). The maximum atomic E-state index is 5.67. The molecule has 0 heterocycles. The second-order valence-corrected chi connectivity index (χ2v) is 4.33. The minimum atomic E-state index is 0.663. The van der Waals surface area contributed by atoms with Crippen molar-refractivity contribution in [2.45, 2.75) is 45.4 Å². The third-order valence-corrected chi connectivity index (χ3v) is 2.97. The van der Waals surface area contributed by atoms with Gasteiger partial charge in [0, 0.05) is 0 Å². The highest BCUT2D eigenvalue weighted by Gasteiger charge is 2.09. The molecule has 0 aliphatic carbocycles. The second-order valence-electron chi connectivity index (χ2n) is 4.33. The highest BCUT2D eigenvalue weighted by molar-refractivity contribution is 5.24. The van der Waals surface area contributed by atoms with Gasteiger partial charge >= 0.3 is 0 Å². The normalized spacial score (nSPS) is 12.7. The lowest BCUT2D eigenvalue weighted by Gasteiger charge is -2.16. The molecule has 1 atom stereocenters. The molecule has 0 saturated carbocycles. The van der Waals surface area contributed by atoms with Crippen molar-refractivity contribution in [1.82, 2.24) is 0 Å². The van der Waals surface area contributed by atoms with Crippen molar-refractivity contribution in [3.63, 3.8) is 0 Å². The largest absolute Gasteiger partial charge is 0.330 e. The van der Waals surface area contributed by atoms with Crippen molar-refractivity contribution in [3.8, 4) is 0 Å². The van der Waals surface area contributed by atoms with Gasteiger partial charge in [0.2, 0.25) is 0 Å². The predicted octanol–water partition coefficient (Wildman–Crippen LogP) is 3.62. The summed E-state index contributed by atoms with van der Waals surface area (Å²) < 4.78 is 0. The summed E-state index contributed by atoms with van der Waals surface area (Å²) in [5.74, 6) is 0.663. The summed E-state index contributed by atoms with van der Waals surface area (Å²) in [5.41, 5.74) is 8.46. The van der Waals surface area contributed by atoms with Crippen LogP contribution in [0.1, 0.15) is 49.7 Å². The van der Waals surface area contributed by atoms with Crippen LogP contribution in [0.15, 0.2) is 24.3 Å². The predicted molar refractivity (Wildman–Crippen MR) is 67.1 cm³/mol. The van der Waals surface area contributed by atoms with Crippen molar-refractivity contribution in [2.24, 2.45) is 5.73 Å². The SMILES string of the molecule is CCCCC(CCN)c1ccc(C)cc1. The number of aryl methyl sites for hydroxylation is 1. The number of benzene rings is 1. The van der Waals surface area contributed by atoms with E-state index in [-0.39, 0.29) is 0 Å². The number of rotatable bonds is 6. The van der Waals surface area contributed by atoms with Gasteiger partial charge in [0.25, 0.3) is 0 Å². The van der Waals surface area contributed by atoms with Crippen molar-refractivity contribution in [1.29, 1.82) is 0 Å². The van der Waals surface area contributed by atoms with Gasteiger partial charge in [-0.15, -0.1) is 0 Å². The van der Waals surface area contributed by atoms with E-state index in [1.807, 2.05) is 0 Å². The van der Waals surface area contributed by atoms with E-state index in [1.54, 1.807) is 0 Å². The summed E-state index contributed by atoms with van der Waals surface area (Å²) in [7, 11) is 0. The molecule has 1 aromatic carbocycles. The van der Waals surface area contributed by atoms with Crippen LogP contribution in [0.3, 0.4) is 0 Å². The zero-order valence-corrected chi connectivity index (χ0v) is 10.00. The average molecular weight is 205 g/mol. The fourth-order valence-corrected chi connectivity index (χ4v) is 1.97. The lowest BCUT2D eigenvalue weighted by Crippen LogP contribution is -2.07. The fourth-order valence-electron chi connectivity index (χ4n) is 1.97. The van der Waals surface area contributed by atoms with Crippen molar-refractivity contribution >= 4 is 0 Å². The zero-order valence-electron chi connectivity index (χ0n) is 10.00. The summed E-state index contributed by atoms with van der Waals surface area (Å²) in [6, 6.07) is 8.91. The molecule has 0 radical (unpaired) electrons. The number of nitrogens with two attached hydrogens (primary N) is 1. The second kappa shape index (κ2) is 6.62. The molecule has 0 fully saturated rings. The maximum absolute atomic E-state index is 5.67. The van der Waals surface area contributed by atoms with Crippen LogP contribution >= 0.6 is 0 Å². The van der Waals surface area contributed by atoms with E-state index in [1.165, 1.54) is 30.4 Å². The van der Waals surface area contributed by atoms with Gasteiger partial charge in [-0.1, -0.05) is 49.6 Å². The lowest BCUT2D eigenvalue weighted by atomic mass is 9.90. The molecule has 1 heteroatoms. The van der Waals surface area contributed by atoms with Crippen LogP contribution in [-0.4, -0.2) is 6.54 Å². The molecule has 1 nitrogen and oxygen atoms in total. The van der Waals surface area contributed by atoms with Crippen LogP contribution in [0, 0.1) is 6.92 Å². The Hall–Kier alpha value is -0.820. The van der Waals surface area contributed by atoms with E-state index >= 15 is 0 Å². The molecule has 0 amide bonds. The zero-order chi connectivity index (χ0) is 11.1. The Labute approximate surface area is 93.7 Å². The molecule has 0 aromatic heterocycles. The molecule has 0 aliphatic heterocycles. The summed E-state index contributed by atoms with van der Waals surface area (Å²) in [4.78, 5) is 0. The van der Waals surface area contributed by atoms with Crippen LogP contribution in [0.5, 0.6) is 0 Å². The van der Waals surface area contributed by atoms with E-state index in [0.29, 0.717) is 5.92 Å². The highest BCUT2D eigenvalue weighted by atomic mass is 14.5. The molecule has 1 aromatic rings. The van der Waals surface area contributed by atoms with E-state index in [2.05, 4.69) is 38.1 Å². The van der Waals surface area contributed by atoms with Crippen LogP contribution in [0.2, 0.25) is 0 Å². The summed E-state index contributed by atoms with van der Waals surface area (Å²) in [5, 5.41) is 0. The van der Waals surface area contributed by atoms with Gasteiger partial charge in [-0.05, 0) is 37.8 Å². The molecule has 0 bridgehead atoms. The third-order valence-electron chi connectivity index (χ3n) is 2.97. The molecule has 0 saturated heterocycles. The lowest BCUT2D eigenvalue weighted by molar-refractivity contribution is 0.553. The van der Waals surface area contributed by atoms with Crippen molar-refractivity contribution in [3.05, 3.63) is 35.4 Å². The molecule has 1 unspecified atom stereocenters. The average Bonchev–Trinajstić information content (AvgIpc) is 2.25. The number of unbranched alkanes of at least 4 members (excludes halogenated alkanes) is 1. The quantitative estimate of drug-likeness (QED) is 0.754. The van der Waals surface area contributed by atoms with Crippen molar-refractivity contribution in [2.75, 3.05) is 6.54 Å².